The predicted octanol–water partition coefficient (Wildman–Crippen LogP) is 5.90. The van der Waals surface area contributed by atoms with Crippen molar-refractivity contribution in [1.82, 2.24) is 5.48 Å². The number of hydroxylamine groups is 1. The number of hydrogen-bond acceptors (Lipinski definition) is 2. The Morgan fingerprint density at radius 1 is 1.00 bits per heavy atom. The highest BCUT2D eigenvalue weighted by molar-refractivity contribution is 6.33. The molecule has 0 bridgehead atoms. The number of allylic oxidation sites excluding steroid dienone is 2. The summed E-state index contributed by atoms with van der Waals surface area (Å²) in [6.07, 6.45) is 10.8. The average molecular weight is 396 g/mol. The van der Waals surface area contributed by atoms with E-state index in [0.717, 1.165) is 29.9 Å². The van der Waals surface area contributed by atoms with Gasteiger partial charge in [0.1, 0.15) is 0 Å². The number of unbranched alkanes of at least 4 members (excludes halogenated alkanes) is 3. The van der Waals surface area contributed by atoms with Crippen LogP contribution in [0.4, 0.5) is 0 Å². The maximum absolute atomic E-state index is 11.0. The van der Waals surface area contributed by atoms with E-state index >= 15 is 0 Å². The summed E-state index contributed by atoms with van der Waals surface area (Å²) < 4.78 is 0. The van der Waals surface area contributed by atoms with Crippen molar-refractivity contribution in [3.63, 3.8) is 0 Å². The molecule has 2 aromatic carbocycles. The fraction of sp³-hybridized carbons (Fsp3) is 0.292. The first-order chi connectivity index (χ1) is 13.7. The molecule has 0 radical (unpaired) electrons. The normalized spacial score (nSPS) is 13.2. The summed E-state index contributed by atoms with van der Waals surface area (Å²) in [7, 11) is 0. The fourth-order valence-electron chi connectivity index (χ4n) is 3.65. The molecule has 4 heteroatoms. The summed E-state index contributed by atoms with van der Waals surface area (Å²) >= 11 is 6.46. The molecule has 3 nitrogen and oxygen atoms in total. The average Bonchev–Trinajstić information content (AvgIpc) is 3.04. The summed E-state index contributed by atoms with van der Waals surface area (Å²) in [4.78, 5) is 11.0. The van der Waals surface area contributed by atoms with E-state index < -0.39 is 5.91 Å². The van der Waals surface area contributed by atoms with Crippen molar-refractivity contribution in [2.75, 3.05) is 0 Å². The Kier molecular flexibility index (Phi) is 7.46. The van der Waals surface area contributed by atoms with Crippen LogP contribution in [0.3, 0.4) is 0 Å². The second kappa shape index (κ2) is 10.3. The van der Waals surface area contributed by atoms with Crippen molar-refractivity contribution in [2.24, 2.45) is 0 Å². The minimum atomic E-state index is -0.526. The maximum Gasteiger partial charge on any atom is 0.267 e. The highest BCUT2D eigenvalue weighted by Gasteiger charge is 2.18. The van der Waals surface area contributed by atoms with E-state index in [1.807, 2.05) is 12.1 Å². The van der Waals surface area contributed by atoms with Crippen molar-refractivity contribution >= 4 is 29.2 Å². The van der Waals surface area contributed by atoms with Gasteiger partial charge in [-0.2, -0.15) is 0 Å². The Morgan fingerprint density at radius 2 is 1.71 bits per heavy atom. The van der Waals surface area contributed by atoms with E-state index in [-0.39, 0.29) is 0 Å². The van der Waals surface area contributed by atoms with Crippen LogP contribution in [-0.4, -0.2) is 11.1 Å². The van der Waals surface area contributed by atoms with Crippen LogP contribution in [0.15, 0.2) is 59.6 Å². The second-order valence-electron chi connectivity index (χ2n) is 7.18. The summed E-state index contributed by atoms with van der Waals surface area (Å²) in [6, 6.07) is 16.7. The standard InChI is InChI=1S/C24H26ClNO2/c25-23-17-20-8-5-6-9-21(20)22(23)10-4-2-1-3-7-18-11-13-19(14-12-18)15-16-24(27)26-28/h5-6,8-9,11-16,28H,1-4,7,10,17H2,(H,26,27)/b16-15+. The summed E-state index contributed by atoms with van der Waals surface area (Å²) in [5, 5.41) is 9.49. The fourth-order valence-corrected chi connectivity index (χ4v) is 3.99. The van der Waals surface area contributed by atoms with E-state index in [4.69, 9.17) is 16.8 Å². The molecule has 1 aliphatic rings. The van der Waals surface area contributed by atoms with Gasteiger partial charge in [-0.05, 0) is 59.6 Å². The third-order valence-corrected chi connectivity index (χ3v) is 5.54. The van der Waals surface area contributed by atoms with Gasteiger partial charge in [0.2, 0.25) is 0 Å². The Hall–Kier alpha value is -2.36. The molecule has 0 spiro atoms. The van der Waals surface area contributed by atoms with Crippen LogP contribution in [0.2, 0.25) is 0 Å². The number of fused-ring (bicyclic) bond motifs is 1. The number of hydrogen-bond donors (Lipinski definition) is 2. The minimum Gasteiger partial charge on any atom is -0.288 e. The number of amides is 1. The number of carbonyl (C=O) groups is 1. The van der Waals surface area contributed by atoms with Crippen LogP contribution >= 0.6 is 11.6 Å². The molecule has 1 aliphatic carbocycles. The molecule has 0 unspecified atom stereocenters. The van der Waals surface area contributed by atoms with Gasteiger partial charge in [0, 0.05) is 17.5 Å². The highest BCUT2D eigenvalue weighted by Crippen LogP contribution is 2.37. The van der Waals surface area contributed by atoms with Crippen LogP contribution in [0.25, 0.3) is 11.6 Å². The molecular weight excluding hydrogens is 370 g/mol. The lowest BCUT2D eigenvalue weighted by molar-refractivity contribution is -0.124. The number of carbonyl (C=O) groups excluding carboxylic acids is 1. The molecule has 0 saturated heterocycles. The molecule has 1 amide bonds. The molecule has 0 atom stereocenters. The van der Waals surface area contributed by atoms with Crippen LogP contribution in [-0.2, 0) is 17.6 Å². The van der Waals surface area contributed by atoms with Gasteiger partial charge >= 0.3 is 0 Å². The predicted molar refractivity (Wildman–Crippen MR) is 115 cm³/mol. The van der Waals surface area contributed by atoms with Gasteiger partial charge in [-0.1, -0.05) is 73.0 Å². The zero-order chi connectivity index (χ0) is 19.8. The smallest absolute Gasteiger partial charge is 0.267 e. The van der Waals surface area contributed by atoms with Gasteiger partial charge in [0.25, 0.3) is 5.91 Å². The van der Waals surface area contributed by atoms with Crippen LogP contribution in [0.5, 0.6) is 0 Å². The highest BCUT2D eigenvalue weighted by atomic mass is 35.5. The van der Waals surface area contributed by atoms with E-state index in [0.29, 0.717) is 0 Å². The van der Waals surface area contributed by atoms with Crippen molar-refractivity contribution < 1.29 is 10.0 Å². The van der Waals surface area contributed by atoms with Gasteiger partial charge in [0.05, 0.1) is 0 Å². The summed E-state index contributed by atoms with van der Waals surface area (Å²) in [5.74, 6) is -0.526. The lowest BCUT2D eigenvalue weighted by atomic mass is 9.99. The third-order valence-electron chi connectivity index (χ3n) is 5.17. The minimum absolute atomic E-state index is 0.526. The third kappa shape index (κ3) is 5.57. The van der Waals surface area contributed by atoms with E-state index in [9.17, 15) is 4.79 Å². The Bertz CT molecular complexity index is 868. The van der Waals surface area contributed by atoms with Crippen molar-refractivity contribution in [3.05, 3.63) is 81.9 Å². The SMILES string of the molecule is O=C(/C=C/c1ccc(CCCCCCC2=C(Cl)Cc3ccccc32)cc1)NO. The molecule has 28 heavy (non-hydrogen) atoms. The first-order valence-electron chi connectivity index (χ1n) is 9.84. The number of rotatable bonds is 9. The number of halogens is 1. The molecule has 0 aromatic heterocycles. The first-order valence-corrected chi connectivity index (χ1v) is 10.2. The number of nitrogens with one attached hydrogen (secondary N) is 1. The lowest BCUT2D eigenvalue weighted by Crippen LogP contribution is -2.14. The van der Waals surface area contributed by atoms with Crippen molar-refractivity contribution in [1.29, 1.82) is 0 Å². The van der Waals surface area contributed by atoms with E-state index in [1.54, 1.807) is 11.6 Å². The first kappa shape index (κ1) is 20.4. The number of aryl methyl sites for hydroxylation is 1. The Balaban J connectivity index is 1.36. The zero-order valence-corrected chi connectivity index (χ0v) is 16.7. The van der Waals surface area contributed by atoms with Crippen LogP contribution in [0.1, 0.15) is 54.4 Å². The molecule has 0 heterocycles. The molecule has 2 aromatic rings. The van der Waals surface area contributed by atoms with Gasteiger partial charge in [-0.3, -0.25) is 10.0 Å². The molecule has 0 fully saturated rings. The van der Waals surface area contributed by atoms with Crippen LogP contribution < -0.4 is 5.48 Å². The van der Waals surface area contributed by atoms with Crippen molar-refractivity contribution in [3.8, 4) is 0 Å². The quantitative estimate of drug-likeness (QED) is 0.240. The monoisotopic (exact) mass is 395 g/mol. The largest absolute Gasteiger partial charge is 0.288 e. The van der Waals surface area contributed by atoms with Gasteiger partial charge in [-0.25, -0.2) is 5.48 Å². The van der Waals surface area contributed by atoms with Gasteiger partial charge in [-0.15, -0.1) is 0 Å². The molecule has 2 N–H and O–H groups in total. The Labute approximate surface area is 171 Å². The van der Waals surface area contributed by atoms with E-state index in [1.165, 1.54) is 54.0 Å². The van der Waals surface area contributed by atoms with Gasteiger partial charge in [0.15, 0.2) is 0 Å². The second-order valence-corrected chi connectivity index (χ2v) is 7.64. The maximum atomic E-state index is 11.0. The molecular formula is C24H26ClNO2. The molecule has 146 valence electrons. The van der Waals surface area contributed by atoms with Crippen molar-refractivity contribution in [2.45, 2.75) is 44.9 Å². The number of benzene rings is 2. The summed E-state index contributed by atoms with van der Waals surface area (Å²) in [5.41, 5.74) is 7.87. The lowest BCUT2D eigenvalue weighted by Gasteiger charge is -2.07. The summed E-state index contributed by atoms with van der Waals surface area (Å²) in [6.45, 7) is 0. The van der Waals surface area contributed by atoms with E-state index in [2.05, 4.69) is 36.4 Å². The van der Waals surface area contributed by atoms with Crippen LogP contribution in [0, 0.1) is 0 Å². The molecule has 0 aliphatic heterocycles. The van der Waals surface area contributed by atoms with Gasteiger partial charge < -0.3 is 0 Å². The topological polar surface area (TPSA) is 49.3 Å². The zero-order valence-electron chi connectivity index (χ0n) is 16.0. The Morgan fingerprint density at radius 3 is 2.46 bits per heavy atom. The molecule has 3 rings (SSSR count). The molecule has 0 saturated carbocycles.